The van der Waals surface area contributed by atoms with Crippen LogP contribution in [0.25, 0.3) is 21.6 Å². The Morgan fingerprint density at radius 3 is 3.00 bits per heavy atom. The summed E-state index contributed by atoms with van der Waals surface area (Å²) in [7, 11) is 0. The third-order valence-electron chi connectivity index (χ3n) is 3.13. The Labute approximate surface area is 133 Å². The van der Waals surface area contributed by atoms with Crippen molar-refractivity contribution in [2.24, 2.45) is 0 Å². The second kappa shape index (κ2) is 5.32. The molecular weight excluding hydrogens is 318 g/mol. The number of hydrogen-bond donors (Lipinski definition) is 2. The quantitative estimate of drug-likeness (QED) is 0.604. The van der Waals surface area contributed by atoms with Crippen LogP contribution < -0.4 is 5.32 Å². The van der Waals surface area contributed by atoms with Crippen molar-refractivity contribution >= 4 is 45.7 Å². The Kier molecular flexibility index (Phi) is 3.17. The molecule has 0 spiro atoms. The Balaban J connectivity index is 1.61. The lowest BCUT2D eigenvalue weighted by atomic mass is 10.2. The smallest absolute Gasteiger partial charge is 0.276 e. The number of anilines is 1. The van der Waals surface area contributed by atoms with E-state index in [0.29, 0.717) is 16.9 Å². The van der Waals surface area contributed by atoms with E-state index in [1.807, 2.05) is 29.6 Å². The van der Waals surface area contributed by atoms with Crippen molar-refractivity contribution in [3.63, 3.8) is 0 Å². The van der Waals surface area contributed by atoms with Gasteiger partial charge in [-0.25, -0.2) is 0 Å². The standard InChI is InChI=1S/C14H9N5OS2/c20-14(11-7-10(16-17-11)12-5-2-6-21-12)15-8-3-1-4-9-13(8)19-22-18-9/h1-7H,(H,15,20)(H,16,17). The summed E-state index contributed by atoms with van der Waals surface area (Å²) in [5, 5.41) is 11.8. The second-order valence-electron chi connectivity index (χ2n) is 4.54. The van der Waals surface area contributed by atoms with Gasteiger partial charge in [0.1, 0.15) is 11.0 Å². The molecule has 0 fully saturated rings. The fourth-order valence-electron chi connectivity index (χ4n) is 2.09. The highest BCUT2D eigenvalue weighted by Gasteiger charge is 2.14. The highest BCUT2D eigenvalue weighted by atomic mass is 32.1. The molecule has 3 heterocycles. The van der Waals surface area contributed by atoms with Crippen LogP contribution in [0, 0.1) is 0 Å². The number of fused-ring (bicyclic) bond motifs is 1. The fraction of sp³-hybridized carbons (Fsp3) is 0. The first-order chi connectivity index (χ1) is 10.8. The van der Waals surface area contributed by atoms with Gasteiger partial charge in [-0.2, -0.15) is 13.8 Å². The minimum absolute atomic E-state index is 0.278. The van der Waals surface area contributed by atoms with Crippen LogP contribution in [-0.2, 0) is 0 Å². The summed E-state index contributed by atoms with van der Waals surface area (Å²) in [5.74, 6) is -0.278. The maximum Gasteiger partial charge on any atom is 0.276 e. The van der Waals surface area contributed by atoms with E-state index in [1.54, 1.807) is 23.5 Å². The van der Waals surface area contributed by atoms with Crippen molar-refractivity contribution in [2.75, 3.05) is 5.32 Å². The van der Waals surface area contributed by atoms with Crippen LogP contribution >= 0.6 is 23.1 Å². The van der Waals surface area contributed by atoms with Crippen molar-refractivity contribution in [2.45, 2.75) is 0 Å². The van der Waals surface area contributed by atoms with Gasteiger partial charge in [0.15, 0.2) is 5.69 Å². The number of benzene rings is 1. The Bertz CT molecular complexity index is 941. The lowest BCUT2D eigenvalue weighted by Crippen LogP contribution is -2.12. The highest BCUT2D eigenvalue weighted by Crippen LogP contribution is 2.24. The molecule has 22 heavy (non-hydrogen) atoms. The number of carbonyl (C=O) groups is 1. The number of nitrogens with one attached hydrogen (secondary N) is 2. The molecule has 0 unspecified atom stereocenters. The van der Waals surface area contributed by atoms with E-state index in [1.165, 1.54) is 0 Å². The van der Waals surface area contributed by atoms with Crippen LogP contribution in [0.1, 0.15) is 10.5 Å². The average molecular weight is 327 g/mol. The normalized spacial score (nSPS) is 10.9. The van der Waals surface area contributed by atoms with Crippen molar-refractivity contribution in [3.05, 3.63) is 47.5 Å². The van der Waals surface area contributed by atoms with Crippen molar-refractivity contribution in [1.82, 2.24) is 18.9 Å². The molecule has 0 saturated carbocycles. The summed E-state index contributed by atoms with van der Waals surface area (Å²) in [4.78, 5) is 13.4. The number of aromatic nitrogens is 4. The molecule has 0 saturated heterocycles. The molecule has 0 bridgehead atoms. The molecule has 0 aliphatic rings. The van der Waals surface area contributed by atoms with Gasteiger partial charge in [-0.05, 0) is 29.6 Å². The Morgan fingerprint density at radius 2 is 2.14 bits per heavy atom. The first-order valence-electron chi connectivity index (χ1n) is 6.43. The molecule has 2 N–H and O–H groups in total. The van der Waals surface area contributed by atoms with Crippen LogP contribution in [-0.4, -0.2) is 24.9 Å². The SMILES string of the molecule is O=C(Nc1cccc2nsnc12)c1cc(-c2cccs2)[nH]n1. The van der Waals surface area contributed by atoms with Crippen molar-refractivity contribution < 1.29 is 4.79 Å². The molecule has 4 aromatic rings. The zero-order valence-corrected chi connectivity index (χ0v) is 12.7. The number of rotatable bonds is 3. The molecule has 4 rings (SSSR count). The van der Waals surface area contributed by atoms with Crippen LogP contribution in [0.4, 0.5) is 5.69 Å². The van der Waals surface area contributed by atoms with Gasteiger partial charge in [-0.1, -0.05) is 12.1 Å². The van der Waals surface area contributed by atoms with Gasteiger partial charge in [-0.3, -0.25) is 9.89 Å². The second-order valence-corrected chi connectivity index (χ2v) is 6.01. The predicted molar refractivity (Wildman–Crippen MR) is 87.3 cm³/mol. The van der Waals surface area contributed by atoms with Gasteiger partial charge >= 0.3 is 0 Å². The molecule has 6 nitrogen and oxygen atoms in total. The van der Waals surface area contributed by atoms with E-state index in [2.05, 4.69) is 24.3 Å². The zero-order valence-electron chi connectivity index (χ0n) is 11.1. The molecule has 0 radical (unpaired) electrons. The third-order valence-corrected chi connectivity index (χ3v) is 4.58. The van der Waals surface area contributed by atoms with E-state index < -0.39 is 0 Å². The van der Waals surface area contributed by atoms with E-state index in [4.69, 9.17) is 0 Å². The zero-order chi connectivity index (χ0) is 14.9. The number of amides is 1. The molecule has 0 aliphatic carbocycles. The number of H-pyrrole nitrogens is 1. The largest absolute Gasteiger partial charge is 0.319 e. The summed E-state index contributed by atoms with van der Waals surface area (Å²) < 4.78 is 8.36. The monoisotopic (exact) mass is 327 g/mol. The predicted octanol–water partition coefficient (Wildman–Crippen LogP) is 3.40. The Morgan fingerprint density at radius 1 is 1.18 bits per heavy atom. The molecule has 1 aromatic carbocycles. The minimum Gasteiger partial charge on any atom is -0.319 e. The molecule has 8 heteroatoms. The maximum atomic E-state index is 12.3. The first kappa shape index (κ1) is 13.1. The number of hydrogen-bond acceptors (Lipinski definition) is 6. The minimum atomic E-state index is -0.278. The molecule has 3 aromatic heterocycles. The Hall–Kier alpha value is -2.58. The molecule has 0 atom stereocenters. The van der Waals surface area contributed by atoms with Crippen LogP contribution in [0.3, 0.4) is 0 Å². The van der Waals surface area contributed by atoms with Gasteiger partial charge in [0.25, 0.3) is 5.91 Å². The van der Waals surface area contributed by atoms with Gasteiger partial charge in [0.2, 0.25) is 0 Å². The summed E-state index contributed by atoms with van der Waals surface area (Å²) in [6.07, 6.45) is 0. The number of aromatic amines is 1. The number of nitrogens with zero attached hydrogens (tertiary/aromatic N) is 3. The number of carbonyl (C=O) groups excluding carboxylic acids is 1. The van der Waals surface area contributed by atoms with Crippen molar-refractivity contribution in [1.29, 1.82) is 0 Å². The molecule has 108 valence electrons. The summed E-state index contributed by atoms with van der Waals surface area (Å²) in [6, 6.07) is 11.2. The lowest BCUT2D eigenvalue weighted by molar-refractivity contribution is 0.102. The molecule has 1 amide bonds. The maximum absolute atomic E-state index is 12.3. The first-order valence-corrected chi connectivity index (χ1v) is 8.04. The average Bonchev–Trinajstić information content (AvgIpc) is 3.27. The van der Waals surface area contributed by atoms with Gasteiger partial charge in [-0.15, -0.1) is 11.3 Å². The third kappa shape index (κ3) is 2.28. The van der Waals surface area contributed by atoms with E-state index in [0.717, 1.165) is 27.8 Å². The topological polar surface area (TPSA) is 83.6 Å². The molecule has 0 aliphatic heterocycles. The lowest BCUT2D eigenvalue weighted by Gasteiger charge is -2.02. The van der Waals surface area contributed by atoms with Crippen LogP contribution in [0.5, 0.6) is 0 Å². The summed E-state index contributed by atoms with van der Waals surface area (Å²) in [6.45, 7) is 0. The van der Waals surface area contributed by atoms with E-state index >= 15 is 0 Å². The fourth-order valence-corrected chi connectivity index (χ4v) is 3.33. The molecular formula is C14H9N5OS2. The van der Waals surface area contributed by atoms with Crippen LogP contribution in [0.15, 0.2) is 41.8 Å². The van der Waals surface area contributed by atoms with Gasteiger partial charge < -0.3 is 5.32 Å². The van der Waals surface area contributed by atoms with E-state index in [-0.39, 0.29) is 5.91 Å². The van der Waals surface area contributed by atoms with Gasteiger partial charge in [0.05, 0.1) is 28.0 Å². The summed E-state index contributed by atoms with van der Waals surface area (Å²) >= 11 is 2.71. The van der Waals surface area contributed by atoms with Crippen molar-refractivity contribution in [3.8, 4) is 10.6 Å². The highest BCUT2D eigenvalue weighted by molar-refractivity contribution is 7.13. The number of thiophene rings is 1. The summed E-state index contributed by atoms with van der Waals surface area (Å²) in [5.41, 5.74) is 3.26. The van der Waals surface area contributed by atoms with Gasteiger partial charge in [0, 0.05) is 0 Å². The van der Waals surface area contributed by atoms with Crippen LogP contribution in [0.2, 0.25) is 0 Å². The van der Waals surface area contributed by atoms with E-state index in [9.17, 15) is 4.79 Å².